The Morgan fingerprint density at radius 1 is 1.40 bits per heavy atom. The number of nitrogens with zero attached hydrogens (tertiary/aromatic N) is 1. The second-order valence-electron chi connectivity index (χ2n) is 3.00. The van der Waals surface area contributed by atoms with E-state index in [4.69, 9.17) is 10.2 Å². The molecule has 15 heavy (non-hydrogen) atoms. The molecule has 5 heteroatoms. The molecule has 2 rings (SSSR count). The number of aromatic nitrogens is 1. The van der Waals surface area contributed by atoms with Crippen LogP contribution in [-0.4, -0.2) is 10.6 Å². The van der Waals surface area contributed by atoms with Gasteiger partial charge >= 0.3 is 5.91 Å². The molecule has 0 aliphatic rings. The summed E-state index contributed by atoms with van der Waals surface area (Å²) in [6, 6.07) is 6.91. The van der Waals surface area contributed by atoms with Crippen molar-refractivity contribution in [2.45, 2.75) is 6.54 Å². The summed E-state index contributed by atoms with van der Waals surface area (Å²) in [4.78, 5) is 11.6. The summed E-state index contributed by atoms with van der Waals surface area (Å²) in [6.07, 6.45) is 3.45. The monoisotopic (exact) mass is 205 g/mol. The molecule has 0 aromatic carbocycles. The van der Waals surface area contributed by atoms with Crippen LogP contribution < -0.4 is 11.2 Å². The van der Waals surface area contributed by atoms with Crippen LogP contribution in [-0.2, 0) is 6.54 Å². The van der Waals surface area contributed by atoms with Gasteiger partial charge in [0, 0.05) is 12.4 Å². The number of furan rings is 1. The molecule has 0 saturated carbocycles. The van der Waals surface area contributed by atoms with E-state index in [0.29, 0.717) is 5.76 Å². The number of rotatable bonds is 3. The smallest absolute Gasteiger partial charge is 0.305 e. The van der Waals surface area contributed by atoms with Crippen LogP contribution in [0.25, 0.3) is 0 Å². The van der Waals surface area contributed by atoms with Crippen LogP contribution in [0.1, 0.15) is 16.3 Å². The van der Waals surface area contributed by atoms with E-state index in [1.807, 2.05) is 12.1 Å². The molecule has 0 fully saturated rings. The van der Waals surface area contributed by atoms with Gasteiger partial charge in [-0.1, -0.05) is 0 Å². The van der Waals surface area contributed by atoms with Gasteiger partial charge in [0.1, 0.15) is 5.76 Å². The number of nitrogens with two attached hydrogens (primary N) is 1. The topological polar surface area (TPSA) is 73.2 Å². The summed E-state index contributed by atoms with van der Waals surface area (Å²) in [5.41, 5.74) is 7.99. The minimum atomic E-state index is -0.300. The predicted octanol–water partition coefficient (Wildman–Crippen LogP) is 0.924. The van der Waals surface area contributed by atoms with Crippen LogP contribution in [0, 0.1) is 0 Å². The van der Waals surface area contributed by atoms with Crippen molar-refractivity contribution >= 4 is 5.91 Å². The second kappa shape index (κ2) is 4.02. The van der Waals surface area contributed by atoms with Crippen LogP contribution in [0.5, 0.6) is 0 Å². The molecule has 2 aromatic rings. The van der Waals surface area contributed by atoms with E-state index in [1.54, 1.807) is 29.2 Å². The van der Waals surface area contributed by atoms with Crippen molar-refractivity contribution in [1.82, 2.24) is 4.68 Å². The molecule has 1 amide bonds. The summed E-state index contributed by atoms with van der Waals surface area (Å²) in [6.45, 7) is 0.288. The lowest BCUT2D eigenvalue weighted by molar-refractivity contribution is 0.0980. The van der Waals surface area contributed by atoms with Crippen molar-refractivity contribution in [2.24, 2.45) is 5.73 Å². The van der Waals surface area contributed by atoms with Crippen LogP contribution in [0.3, 0.4) is 0 Å². The zero-order chi connectivity index (χ0) is 10.7. The molecule has 0 bridgehead atoms. The summed E-state index contributed by atoms with van der Waals surface area (Å²) in [5.74, 6) is 0.544. The lowest BCUT2D eigenvalue weighted by Gasteiger charge is -2.02. The van der Waals surface area contributed by atoms with Crippen molar-refractivity contribution < 1.29 is 9.21 Å². The fourth-order valence-corrected chi connectivity index (χ4v) is 1.19. The van der Waals surface area contributed by atoms with Gasteiger partial charge in [-0.3, -0.25) is 14.9 Å². The van der Waals surface area contributed by atoms with Gasteiger partial charge in [-0.2, -0.15) is 0 Å². The third kappa shape index (κ3) is 2.08. The van der Waals surface area contributed by atoms with E-state index >= 15 is 0 Å². The Morgan fingerprint density at radius 3 is 2.73 bits per heavy atom. The highest BCUT2D eigenvalue weighted by molar-refractivity contribution is 5.97. The van der Waals surface area contributed by atoms with Crippen LogP contribution in [0.2, 0.25) is 0 Å². The molecule has 0 unspecified atom stereocenters. The van der Waals surface area contributed by atoms with Gasteiger partial charge in [0.05, 0.1) is 6.54 Å². The van der Waals surface area contributed by atoms with Crippen LogP contribution in [0.15, 0.2) is 41.1 Å². The Morgan fingerprint density at radius 2 is 2.13 bits per heavy atom. The molecule has 0 saturated heterocycles. The lowest BCUT2D eigenvalue weighted by Crippen LogP contribution is -2.20. The van der Waals surface area contributed by atoms with E-state index in [-0.39, 0.29) is 18.2 Å². The maximum absolute atomic E-state index is 11.6. The Labute approximate surface area is 86.5 Å². The fourth-order valence-electron chi connectivity index (χ4n) is 1.19. The van der Waals surface area contributed by atoms with E-state index < -0.39 is 0 Å². The average molecular weight is 205 g/mol. The Bertz CT molecular complexity index is 445. The van der Waals surface area contributed by atoms with Gasteiger partial charge in [-0.25, -0.2) is 0 Å². The minimum absolute atomic E-state index is 0.254. The summed E-state index contributed by atoms with van der Waals surface area (Å²) >= 11 is 0. The number of hydrogen-bond donors (Lipinski definition) is 2. The van der Waals surface area contributed by atoms with E-state index in [0.717, 1.165) is 0 Å². The molecule has 0 atom stereocenters. The van der Waals surface area contributed by atoms with Crippen molar-refractivity contribution in [3.05, 3.63) is 48.2 Å². The predicted molar refractivity (Wildman–Crippen MR) is 54.7 cm³/mol. The fraction of sp³-hybridized carbons (Fsp3) is 0.100. The summed E-state index contributed by atoms with van der Waals surface area (Å²) < 4.78 is 6.74. The number of carbonyl (C=O) groups is 1. The lowest BCUT2D eigenvalue weighted by atomic mass is 10.4. The minimum Gasteiger partial charge on any atom is -0.455 e. The van der Waals surface area contributed by atoms with E-state index in [9.17, 15) is 4.79 Å². The highest BCUT2D eigenvalue weighted by atomic mass is 16.4. The standard InChI is InChI=1S/C10H11N3O2/c11-7-8-3-4-9(15-8)10(14)12-13-5-1-2-6-13/h1-6H,7,11H2,(H,12,14). The highest BCUT2D eigenvalue weighted by Crippen LogP contribution is 2.07. The number of amides is 1. The van der Waals surface area contributed by atoms with Crippen molar-refractivity contribution in [3.63, 3.8) is 0 Å². The van der Waals surface area contributed by atoms with Gasteiger partial charge in [0.2, 0.25) is 0 Å². The number of nitrogens with one attached hydrogen (secondary N) is 1. The first-order valence-electron chi connectivity index (χ1n) is 4.52. The highest BCUT2D eigenvalue weighted by Gasteiger charge is 2.10. The molecule has 0 spiro atoms. The molecule has 0 aliphatic heterocycles. The molecule has 3 N–H and O–H groups in total. The molecule has 78 valence electrons. The molecule has 0 radical (unpaired) electrons. The van der Waals surface area contributed by atoms with Gasteiger partial charge in [-0.05, 0) is 24.3 Å². The van der Waals surface area contributed by atoms with Gasteiger partial charge in [0.15, 0.2) is 5.76 Å². The third-order valence-electron chi connectivity index (χ3n) is 1.92. The van der Waals surface area contributed by atoms with Crippen molar-refractivity contribution in [3.8, 4) is 0 Å². The number of hydrogen-bond acceptors (Lipinski definition) is 3. The molecule has 0 aliphatic carbocycles. The molecule has 5 nitrogen and oxygen atoms in total. The van der Waals surface area contributed by atoms with E-state index in [1.165, 1.54) is 0 Å². The summed E-state index contributed by atoms with van der Waals surface area (Å²) in [7, 11) is 0. The summed E-state index contributed by atoms with van der Waals surface area (Å²) in [5, 5.41) is 0. The Balaban J connectivity index is 2.08. The Hall–Kier alpha value is -2.01. The first kappa shape index (κ1) is 9.54. The first-order chi connectivity index (χ1) is 7.29. The van der Waals surface area contributed by atoms with Crippen LogP contribution in [0.4, 0.5) is 0 Å². The Kier molecular flexibility index (Phi) is 2.55. The maximum Gasteiger partial charge on any atom is 0.305 e. The maximum atomic E-state index is 11.6. The second-order valence-corrected chi connectivity index (χ2v) is 3.00. The number of carbonyl (C=O) groups excluding carboxylic acids is 1. The van der Waals surface area contributed by atoms with Crippen molar-refractivity contribution in [1.29, 1.82) is 0 Å². The van der Waals surface area contributed by atoms with Gasteiger partial charge in [0.25, 0.3) is 0 Å². The van der Waals surface area contributed by atoms with Crippen molar-refractivity contribution in [2.75, 3.05) is 5.43 Å². The molecular formula is C10H11N3O2. The third-order valence-corrected chi connectivity index (χ3v) is 1.92. The molecule has 2 aromatic heterocycles. The zero-order valence-corrected chi connectivity index (χ0v) is 8.01. The van der Waals surface area contributed by atoms with Gasteiger partial charge in [-0.15, -0.1) is 0 Å². The van der Waals surface area contributed by atoms with E-state index in [2.05, 4.69) is 5.43 Å². The first-order valence-corrected chi connectivity index (χ1v) is 4.52. The SMILES string of the molecule is NCc1ccc(C(=O)Nn2cccc2)o1. The quantitative estimate of drug-likeness (QED) is 0.782. The van der Waals surface area contributed by atoms with Crippen LogP contribution >= 0.6 is 0 Å². The normalized spacial score (nSPS) is 10.2. The molecular weight excluding hydrogens is 194 g/mol. The average Bonchev–Trinajstić information content (AvgIpc) is 2.86. The van der Waals surface area contributed by atoms with Gasteiger partial charge < -0.3 is 10.2 Å². The molecule has 2 heterocycles. The largest absolute Gasteiger partial charge is 0.455 e. The zero-order valence-electron chi connectivity index (χ0n) is 8.01.